The predicted molar refractivity (Wildman–Crippen MR) is 61.9 cm³/mol. The van der Waals surface area contributed by atoms with Gasteiger partial charge in [-0.15, -0.1) is 11.3 Å². The molecule has 80 valence electrons. The van der Waals surface area contributed by atoms with E-state index in [2.05, 4.69) is 9.97 Å². The molecule has 0 amide bonds. The highest BCUT2D eigenvalue weighted by Crippen LogP contribution is 2.18. The maximum Gasteiger partial charge on any atom is 0.294 e. The first-order valence-electron chi connectivity index (χ1n) is 4.42. The molecular weight excluding hydrogens is 226 g/mol. The Morgan fingerprint density at radius 2 is 2.31 bits per heavy atom. The first kappa shape index (κ1) is 10.4. The summed E-state index contributed by atoms with van der Waals surface area (Å²) in [5, 5.41) is 12.6. The van der Waals surface area contributed by atoms with Crippen LogP contribution >= 0.6 is 11.3 Å². The molecule has 0 N–H and O–H groups in total. The molecule has 0 saturated carbocycles. The Labute approximate surface area is 95.3 Å². The molecule has 2 heterocycles. The molecule has 16 heavy (non-hydrogen) atoms. The van der Waals surface area contributed by atoms with Crippen molar-refractivity contribution in [3.05, 3.63) is 50.7 Å². The van der Waals surface area contributed by atoms with Crippen LogP contribution in [0.5, 0.6) is 0 Å². The average Bonchev–Trinajstić information content (AvgIpc) is 2.79. The molecule has 0 radical (unpaired) electrons. The Hall–Kier alpha value is -2.08. The van der Waals surface area contributed by atoms with Crippen LogP contribution < -0.4 is 0 Å². The Kier molecular flexibility index (Phi) is 3.02. The Bertz CT molecular complexity index is 523. The van der Waals surface area contributed by atoms with E-state index >= 15 is 0 Å². The lowest BCUT2D eigenvalue weighted by Crippen LogP contribution is -1.91. The fourth-order valence-electron chi connectivity index (χ4n) is 1.17. The van der Waals surface area contributed by atoms with Crippen molar-refractivity contribution in [1.82, 2.24) is 9.97 Å². The van der Waals surface area contributed by atoms with Crippen LogP contribution in [-0.4, -0.2) is 14.9 Å². The number of hydrogen-bond acceptors (Lipinski definition) is 5. The van der Waals surface area contributed by atoms with Gasteiger partial charge in [0.1, 0.15) is 6.20 Å². The van der Waals surface area contributed by atoms with Gasteiger partial charge in [-0.25, -0.2) is 4.98 Å². The zero-order valence-corrected chi connectivity index (χ0v) is 8.92. The molecule has 5 nitrogen and oxygen atoms in total. The molecule has 6 heteroatoms. The minimum atomic E-state index is -0.451. The van der Waals surface area contributed by atoms with Crippen LogP contribution in [0.25, 0.3) is 12.2 Å². The van der Waals surface area contributed by atoms with Gasteiger partial charge in [-0.1, -0.05) is 0 Å². The molecule has 2 aromatic heterocycles. The SMILES string of the molecule is O=[N+]([O-])c1cnccc1/C=C/c1cscn1. The number of rotatable bonds is 3. The summed E-state index contributed by atoms with van der Waals surface area (Å²) in [7, 11) is 0. The number of pyridine rings is 1. The lowest BCUT2D eigenvalue weighted by molar-refractivity contribution is -0.385. The van der Waals surface area contributed by atoms with Crippen LogP contribution in [-0.2, 0) is 0 Å². The van der Waals surface area contributed by atoms with Gasteiger partial charge in [-0.2, -0.15) is 0 Å². The van der Waals surface area contributed by atoms with E-state index in [1.807, 2.05) is 5.38 Å². The normalized spacial score (nSPS) is 10.8. The van der Waals surface area contributed by atoms with Crippen LogP contribution in [0.4, 0.5) is 5.69 Å². The van der Waals surface area contributed by atoms with Crippen LogP contribution in [0, 0.1) is 10.1 Å². The molecule has 0 spiro atoms. The molecule has 2 rings (SSSR count). The largest absolute Gasteiger partial charge is 0.294 e. The van der Waals surface area contributed by atoms with Gasteiger partial charge in [-0.3, -0.25) is 15.1 Å². The van der Waals surface area contributed by atoms with Crippen molar-refractivity contribution >= 4 is 29.2 Å². The molecule has 0 fully saturated rings. The molecule has 0 aliphatic rings. The standard InChI is InChI=1S/C10H7N3O2S/c14-13(15)10-5-11-4-3-8(10)1-2-9-6-16-7-12-9/h1-7H/b2-1+. The molecule has 0 aliphatic heterocycles. The van der Waals surface area contributed by atoms with E-state index in [0.717, 1.165) is 5.69 Å². The average molecular weight is 233 g/mol. The smallest absolute Gasteiger partial charge is 0.258 e. The first-order chi connectivity index (χ1) is 7.77. The number of aromatic nitrogens is 2. The summed E-state index contributed by atoms with van der Waals surface area (Å²) in [5.41, 5.74) is 3.01. The number of thiazole rings is 1. The number of nitro groups is 1. The van der Waals surface area contributed by atoms with Gasteiger partial charge in [-0.05, 0) is 18.2 Å². The lowest BCUT2D eigenvalue weighted by Gasteiger charge is -1.94. The summed E-state index contributed by atoms with van der Waals surface area (Å²) in [6.07, 6.45) is 6.15. The molecule has 0 atom stereocenters. The second-order valence-corrected chi connectivity index (χ2v) is 3.66. The number of nitrogens with zero attached hydrogens (tertiary/aromatic N) is 3. The van der Waals surface area contributed by atoms with Gasteiger partial charge in [0.25, 0.3) is 5.69 Å². The molecule has 0 aliphatic carbocycles. The quantitative estimate of drug-likeness (QED) is 0.603. The summed E-state index contributed by atoms with van der Waals surface area (Å²) in [4.78, 5) is 18.0. The Morgan fingerprint density at radius 1 is 1.44 bits per heavy atom. The molecule has 0 aromatic carbocycles. The van der Waals surface area contributed by atoms with Crippen LogP contribution in [0.1, 0.15) is 11.3 Å². The van der Waals surface area contributed by atoms with Crippen molar-refractivity contribution in [2.24, 2.45) is 0 Å². The van der Waals surface area contributed by atoms with E-state index in [1.165, 1.54) is 23.7 Å². The molecular formula is C10H7N3O2S. The maximum atomic E-state index is 10.7. The fourth-order valence-corrected chi connectivity index (χ4v) is 1.69. The summed E-state index contributed by atoms with van der Waals surface area (Å²) < 4.78 is 0. The Morgan fingerprint density at radius 3 is 3.00 bits per heavy atom. The lowest BCUT2D eigenvalue weighted by atomic mass is 10.2. The maximum absolute atomic E-state index is 10.7. The van der Waals surface area contributed by atoms with Crippen molar-refractivity contribution in [2.75, 3.05) is 0 Å². The van der Waals surface area contributed by atoms with E-state index < -0.39 is 4.92 Å². The first-order valence-corrected chi connectivity index (χ1v) is 5.36. The van der Waals surface area contributed by atoms with Gasteiger partial charge >= 0.3 is 0 Å². The second kappa shape index (κ2) is 4.63. The zero-order valence-electron chi connectivity index (χ0n) is 8.11. The third kappa shape index (κ3) is 2.29. The van der Waals surface area contributed by atoms with Gasteiger partial charge in [0, 0.05) is 11.6 Å². The topological polar surface area (TPSA) is 68.9 Å². The van der Waals surface area contributed by atoms with Crippen molar-refractivity contribution in [3.8, 4) is 0 Å². The summed E-state index contributed by atoms with van der Waals surface area (Å²) in [6, 6.07) is 1.60. The minimum absolute atomic E-state index is 0.00557. The third-order valence-electron chi connectivity index (χ3n) is 1.91. The van der Waals surface area contributed by atoms with E-state index in [1.54, 1.807) is 23.7 Å². The van der Waals surface area contributed by atoms with Crippen molar-refractivity contribution < 1.29 is 4.92 Å². The zero-order chi connectivity index (χ0) is 11.4. The van der Waals surface area contributed by atoms with Gasteiger partial charge in [0.15, 0.2) is 0 Å². The summed E-state index contributed by atoms with van der Waals surface area (Å²) in [5.74, 6) is 0. The van der Waals surface area contributed by atoms with Gasteiger partial charge in [0.2, 0.25) is 0 Å². The highest BCUT2D eigenvalue weighted by molar-refractivity contribution is 7.07. The second-order valence-electron chi connectivity index (χ2n) is 2.94. The molecule has 2 aromatic rings. The van der Waals surface area contributed by atoms with Gasteiger partial charge in [0.05, 0.1) is 21.7 Å². The van der Waals surface area contributed by atoms with Crippen molar-refractivity contribution in [1.29, 1.82) is 0 Å². The Balaban J connectivity index is 2.31. The molecule has 0 saturated heterocycles. The highest BCUT2D eigenvalue weighted by Gasteiger charge is 2.10. The van der Waals surface area contributed by atoms with E-state index in [4.69, 9.17) is 0 Å². The predicted octanol–water partition coefficient (Wildman–Crippen LogP) is 2.62. The third-order valence-corrected chi connectivity index (χ3v) is 2.52. The van der Waals surface area contributed by atoms with E-state index in [-0.39, 0.29) is 5.69 Å². The molecule has 0 bridgehead atoms. The van der Waals surface area contributed by atoms with Crippen molar-refractivity contribution in [2.45, 2.75) is 0 Å². The monoisotopic (exact) mass is 233 g/mol. The van der Waals surface area contributed by atoms with Crippen LogP contribution in [0.15, 0.2) is 29.4 Å². The summed E-state index contributed by atoms with van der Waals surface area (Å²) in [6.45, 7) is 0. The highest BCUT2D eigenvalue weighted by atomic mass is 32.1. The van der Waals surface area contributed by atoms with Crippen LogP contribution in [0.3, 0.4) is 0 Å². The van der Waals surface area contributed by atoms with Crippen LogP contribution in [0.2, 0.25) is 0 Å². The summed E-state index contributed by atoms with van der Waals surface area (Å²) >= 11 is 1.48. The molecule has 0 unspecified atom stereocenters. The number of hydrogen-bond donors (Lipinski definition) is 0. The van der Waals surface area contributed by atoms with Crippen molar-refractivity contribution in [3.63, 3.8) is 0 Å². The minimum Gasteiger partial charge on any atom is -0.258 e. The van der Waals surface area contributed by atoms with E-state index in [9.17, 15) is 10.1 Å². The van der Waals surface area contributed by atoms with Gasteiger partial charge < -0.3 is 0 Å². The van der Waals surface area contributed by atoms with E-state index in [0.29, 0.717) is 5.56 Å². The fraction of sp³-hybridized carbons (Fsp3) is 0.